The Morgan fingerprint density at radius 3 is 2.35 bits per heavy atom. The van der Waals surface area contributed by atoms with Crippen LogP contribution in [0.4, 0.5) is 13.2 Å². The second-order valence-electron chi connectivity index (χ2n) is 4.63. The predicted octanol–water partition coefficient (Wildman–Crippen LogP) is 0.686. The molecule has 1 fully saturated rings. The highest BCUT2D eigenvalue weighted by Crippen LogP contribution is 2.28. The van der Waals surface area contributed by atoms with Crippen LogP contribution < -0.4 is 11.1 Å². The normalized spacial score (nSPS) is 29.5. The van der Waals surface area contributed by atoms with Crippen LogP contribution in [0.2, 0.25) is 0 Å². The fourth-order valence-corrected chi connectivity index (χ4v) is 1.73. The lowest BCUT2D eigenvalue weighted by molar-refractivity contribution is -0.188. The fourth-order valence-electron chi connectivity index (χ4n) is 1.73. The van der Waals surface area contributed by atoms with E-state index in [2.05, 4.69) is 5.32 Å². The number of halogens is 3. The van der Waals surface area contributed by atoms with Gasteiger partial charge in [-0.25, -0.2) is 0 Å². The van der Waals surface area contributed by atoms with Gasteiger partial charge in [-0.1, -0.05) is 12.8 Å². The number of alkyl halides is 3. The SMILES string of the molecule is CC(N)(C(=O)NC1CCCCC1O)C(F)(F)F. The van der Waals surface area contributed by atoms with Crippen LogP contribution in [0.1, 0.15) is 32.6 Å². The van der Waals surface area contributed by atoms with Crippen molar-refractivity contribution in [1.82, 2.24) is 5.32 Å². The summed E-state index contributed by atoms with van der Waals surface area (Å²) in [5, 5.41) is 11.7. The van der Waals surface area contributed by atoms with Crippen molar-refractivity contribution in [2.75, 3.05) is 0 Å². The maximum Gasteiger partial charge on any atom is 0.415 e. The van der Waals surface area contributed by atoms with Gasteiger partial charge in [-0.15, -0.1) is 0 Å². The topological polar surface area (TPSA) is 75.4 Å². The Bertz CT molecular complexity index is 292. The average molecular weight is 254 g/mol. The van der Waals surface area contributed by atoms with Gasteiger partial charge in [0.25, 0.3) is 0 Å². The van der Waals surface area contributed by atoms with Crippen LogP contribution in [0.5, 0.6) is 0 Å². The third-order valence-electron chi connectivity index (χ3n) is 3.11. The van der Waals surface area contributed by atoms with E-state index in [0.717, 1.165) is 12.8 Å². The lowest BCUT2D eigenvalue weighted by Gasteiger charge is -2.32. The van der Waals surface area contributed by atoms with Crippen LogP contribution >= 0.6 is 0 Å². The summed E-state index contributed by atoms with van der Waals surface area (Å²) >= 11 is 0. The van der Waals surface area contributed by atoms with E-state index >= 15 is 0 Å². The Labute approximate surface area is 97.4 Å². The van der Waals surface area contributed by atoms with Gasteiger partial charge in [-0.3, -0.25) is 4.79 Å². The van der Waals surface area contributed by atoms with Crippen LogP contribution in [0.25, 0.3) is 0 Å². The maximum absolute atomic E-state index is 12.5. The van der Waals surface area contributed by atoms with Gasteiger partial charge in [0.1, 0.15) is 0 Å². The first-order valence-electron chi connectivity index (χ1n) is 5.51. The molecule has 0 heterocycles. The van der Waals surface area contributed by atoms with Crippen molar-refractivity contribution in [3.63, 3.8) is 0 Å². The number of aliphatic hydroxyl groups is 1. The molecule has 100 valence electrons. The molecule has 1 saturated carbocycles. The predicted molar refractivity (Wildman–Crippen MR) is 55.1 cm³/mol. The highest BCUT2D eigenvalue weighted by Gasteiger charge is 2.54. The molecular weight excluding hydrogens is 237 g/mol. The molecule has 4 nitrogen and oxygen atoms in total. The monoisotopic (exact) mass is 254 g/mol. The number of rotatable bonds is 2. The minimum Gasteiger partial charge on any atom is -0.391 e. The fraction of sp³-hybridized carbons (Fsp3) is 0.900. The lowest BCUT2D eigenvalue weighted by atomic mass is 9.91. The number of carbonyl (C=O) groups excluding carboxylic acids is 1. The van der Waals surface area contributed by atoms with Crippen LogP contribution in [-0.4, -0.2) is 34.9 Å². The van der Waals surface area contributed by atoms with Gasteiger partial charge >= 0.3 is 6.18 Å². The van der Waals surface area contributed by atoms with E-state index in [-0.39, 0.29) is 0 Å². The number of hydrogen-bond acceptors (Lipinski definition) is 3. The van der Waals surface area contributed by atoms with Crippen LogP contribution in [0, 0.1) is 0 Å². The molecule has 0 aliphatic heterocycles. The van der Waals surface area contributed by atoms with Crippen molar-refractivity contribution in [2.45, 2.75) is 56.5 Å². The molecule has 7 heteroatoms. The second kappa shape index (κ2) is 4.81. The van der Waals surface area contributed by atoms with E-state index < -0.39 is 29.8 Å². The summed E-state index contributed by atoms with van der Waals surface area (Å²) in [5.74, 6) is -1.30. The minimum atomic E-state index is -4.81. The van der Waals surface area contributed by atoms with Crippen molar-refractivity contribution in [3.8, 4) is 0 Å². The Morgan fingerprint density at radius 2 is 1.88 bits per heavy atom. The Hall–Kier alpha value is -0.820. The zero-order valence-corrected chi connectivity index (χ0v) is 9.55. The van der Waals surface area contributed by atoms with E-state index in [1.165, 1.54) is 0 Å². The van der Waals surface area contributed by atoms with Gasteiger partial charge in [0, 0.05) is 0 Å². The highest BCUT2D eigenvalue weighted by atomic mass is 19.4. The molecule has 0 bridgehead atoms. The van der Waals surface area contributed by atoms with E-state index in [4.69, 9.17) is 5.73 Å². The number of hydrogen-bond donors (Lipinski definition) is 3. The van der Waals surface area contributed by atoms with E-state index in [1.807, 2.05) is 0 Å². The van der Waals surface area contributed by atoms with Crippen molar-refractivity contribution in [2.24, 2.45) is 5.73 Å². The molecule has 3 unspecified atom stereocenters. The first-order chi connectivity index (χ1) is 7.66. The van der Waals surface area contributed by atoms with E-state index in [1.54, 1.807) is 0 Å². The van der Waals surface area contributed by atoms with Crippen molar-refractivity contribution >= 4 is 5.91 Å². The van der Waals surface area contributed by atoms with Gasteiger partial charge in [-0.05, 0) is 19.8 Å². The molecule has 0 radical (unpaired) electrons. The van der Waals surface area contributed by atoms with Gasteiger partial charge < -0.3 is 16.2 Å². The second-order valence-corrected chi connectivity index (χ2v) is 4.63. The lowest BCUT2D eigenvalue weighted by Crippen LogP contribution is -2.63. The molecule has 1 aliphatic carbocycles. The van der Waals surface area contributed by atoms with Crippen molar-refractivity contribution < 1.29 is 23.1 Å². The summed E-state index contributed by atoms with van der Waals surface area (Å²) in [5.41, 5.74) is 2.05. The molecule has 0 aromatic heterocycles. The molecule has 0 aromatic carbocycles. The number of nitrogens with one attached hydrogen (secondary N) is 1. The molecule has 1 amide bonds. The quantitative estimate of drug-likeness (QED) is 0.678. The Balaban J connectivity index is 2.65. The zero-order chi connectivity index (χ0) is 13.3. The maximum atomic E-state index is 12.5. The van der Waals surface area contributed by atoms with Crippen molar-refractivity contribution in [1.29, 1.82) is 0 Å². The molecular formula is C10H17F3N2O2. The Kier molecular flexibility index (Phi) is 4.03. The summed E-state index contributed by atoms with van der Waals surface area (Å²) in [6.07, 6.45) is -3.06. The summed E-state index contributed by atoms with van der Waals surface area (Å²) in [6.45, 7) is 0.623. The number of carbonyl (C=O) groups is 1. The first kappa shape index (κ1) is 14.2. The number of aliphatic hydroxyl groups excluding tert-OH is 1. The highest BCUT2D eigenvalue weighted by molar-refractivity contribution is 5.86. The molecule has 0 aromatic rings. The largest absolute Gasteiger partial charge is 0.415 e. The molecule has 4 N–H and O–H groups in total. The molecule has 3 atom stereocenters. The van der Waals surface area contributed by atoms with Gasteiger partial charge in [0.05, 0.1) is 12.1 Å². The zero-order valence-electron chi connectivity index (χ0n) is 9.55. The smallest absolute Gasteiger partial charge is 0.391 e. The summed E-state index contributed by atoms with van der Waals surface area (Å²) in [4.78, 5) is 11.5. The summed E-state index contributed by atoms with van der Waals surface area (Å²) in [6, 6.07) is -0.638. The molecule has 0 saturated heterocycles. The van der Waals surface area contributed by atoms with Crippen LogP contribution in [0.15, 0.2) is 0 Å². The molecule has 1 aliphatic rings. The van der Waals surface area contributed by atoms with Gasteiger partial charge in [0.15, 0.2) is 5.54 Å². The average Bonchev–Trinajstić information content (AvgIpc) is 2.19. The van der Waals surface area contributed by atoms with E-state index in [0.29, 0.717) is 19.8 Å². The van der Waals surface area contributed by atoms with E-state index in [9.17, 15) is 23.1 Å². The third kappa shape index (κ3) is 3.10. The first-order valence-corrected chi connectivity index (χ1v) is 5.51. The number of nitrogens with two attached hydrogens (primary N) is 1. The summed E-state index contributed by atoms with van der Waals surface area (Å²) < 4.78 is 37.5. The van der Waals surface area contributed by atoms with Crippen LogP contribution in [0.3, 0.4) is 0 Å². The molecule has 17 heavy (non-hydrogen) atoms. The van der Waals surface area contributed by atoms with Gasteiger partial charge in [0.2, 0.25) is 5.91 Å². The van der Waals surface area contributed by atoms with Crippen molar-refractivity contribution in [3.05, 3.63) is 0 Å². The molecule has 1 rings (SSSR count). The van der Waals surface area contributed by atoms with Crippen LogP contribution in [-0.2, 0) is 4.79 Å². The standard InChI is InChI=1S/C10H17F3N2O2/c1-9(14,10(11,12)13)8(17)15-6-4-2-3-5-7(6)16/h6-7,16H,2-5,14H2,1H3,(H,15,17). The molecule has 0 spiro atoms. The van der Waals surface area contributed by atoms with Gasteiger partial charge in [-0.2, -0.15) is 13.2 Å². The Morgan fingerprint density at radius 1 is 1.35 bits per heavy atom. The third-order valence-corrected chi connectivity index (χ3v) is 3.11. The number of amides is 1. The summed E-state index contributed by atoms with van der Waals surface area (Å²) in [7, 11) is 0. The minimum absolute atomic E-state index is 0.473.